The van der Waals surface area contributed by atoms with Crippen LogP contribution in [0.15, 0.2) is 49.1 Å². The first-order chi connectivity index (χ1) is 19.7. The van der Waals surface area contributed by atoms with Gasteiger partial charge in [0.1, 0.15) is 23.7 Å². The lowest BCUT2D eigenvalue weighted by atomic mass is 9.87. The molecule has 5 aromatic rings. The van der Waals surface area contributed by atoms with E-state index in [1.807, 2.05) is 31.0 Å². The molecule has 0 bridgehead atoms. The molecule has 0 spiro atoms. The van der Waals surface area contributed by atoms with Gasteiger partial charge >= 0.3 is 0 Å². The summed E-state index contributed by atoms with van der Waals surface area (Å²) in [5.41, 5.74) is 10.0. The molecule has 1 atom stereocenters. The number of nitrogens with zero attached hydrogens (tertiary/aromatic N) is 7. The maximum absolute atomic E-state index is 9.99. The molecule has 5 heterocycles. The van der Waals surface area contributed by atoms with Crippen LogP contribution in [0.1, 0.15) is 29.8 Å². The van der Waals surface area contributed by atoms with E-state index >= 15 is 0 Å². The number of nitrogens with one attached hydrogen (secondary N) is 1. The number of nitrogens with two attached hydrogens (primary N) is 1. The van der Waals surface area contributed by atoms with Crippen LogP contribution in [0, 0.1) is 11.3 Å². The number of anilines is 1. The number of fused-ring (bicyclic) bond motifs is 1. The van der Waals surface area contributed by atoms with E-state index in [0.717, 1.165) is 16.6 Å². The van der Waals surface area contributed by atoms with Crippen molar-refractivity contribution in [2.45, 2.75) is 18.6 Å². The number of benzene rings is 1. The number of aryl methyl sites for hydroxylation is 1. The number of aromatic amines is 1. The fourth-order valence-electron chi connectivity index (χ4n) is 5.29. The van der Waals surface area contributed by atoms with Crippen molar-refractivity contribution in [3.8, 4) is 28.8 Å². The minimum absolute atomic E-state index is 0.402. The number of rotatable bonds is 7. The molecule has 1 aliphatic heterocycles. The molecule has 6 rings (SSSR count). The van der Waals surface area contributed by atoms with Gasteiger partial charge in [0.2, 0.25) is 0 Å². The number of hydrogen-bond donors (Lipinski definition) is 2. The van der Waals surface area contributed by atoms with Gasteiger partial charge in [0.15, 0.2) is 11.5 Å². The highest BCUT2D eigenvalue weighted by Crippen LogP contribution is 2.41. The first-order valence-corrected chi connectivity index (χ1v) is 13.4. The number of pyridine rings is 2. The summed E-state index contributed by atoms with van der Waals surface area (Å²) in [4.78, 5) is 10.7. The molecule has 0 amide bonds. The predicted molar refractivity (Wildman–Crippen MR) is 155 cm³/mol. The van der Waals surface area contributed by atoms with Crippen LogP contribution >= 0.6 is 23.2 Å². The van der Waals surface area contributed by atoms with E-state index in [1.165, 1.54) is 12.4 Å². The van der Waals surface area contributed by atoms with Crippen molar-refractivity contribution in [2.24, 2.45) is 12.8 Å². The Morgan fingerprint density at radius 1 is 1.15 bits per heavy atom. The van der Waals surface area contributed by atoms with Gasteiger partial charge < -0.3 is 20.1 Å². The van der Waals surface area contributed by atoms with Gasteiger partial charge in [-0.3, -0.25) is 14.8 Å². The lowest BCUT2D eigenvalue weighted by molar-refractivity contribution is 0.216. The van der Waals surface area contributed by atoms with Gasteiger partial charge in [-0.15, -0.1) is 0 Å². The quantitative estimate of drug-likeness (QED) is 0.274. The highest BCUT2D eigenvalue weighted by molar-refractivity contribution is 6.35. The van der Waals surface area contributed by atoms with Gasteiger partial charge in [-0.2, -0.15) is 15.5 Å². The second-order valence-electron chi connectivity index (χ2n) is 9.96. The molecule has 41 heavy (non-hydrogen) atoms. The third-order valence-corrected chi connectivity index (χ3v) is 7.89. The zero-order valence-corrected chi connectivity index (χ0v) is 23.9. The Hall–Kier alpha value is -4.37. The van der Waals surface area contributed by atoms with Crippen LogP contribution in [0.5, 0.6) is 11.5 Å². The fraction of sp³-hybridized carbons (Fsp3) is 0.250. The first kappa shape index (κ1) is 26.8. The summed E-state index contributed by atoms with van der Waals surface area (Å²) in [6.45, 7) is 2.88. The standard InChI is InChI=1S/C28H25Cl2N9O2/c1-15(25-19(29)11-33-12-20(25)30)41-23-7-18-21(8-22(23)40-3)36-37-26(18)17-6-16(9-31)27(34-10-17)39-13-28(32,14-39)24-4-5-35-38(24)2/h4-8,10-12,15H,13-14,32H2,1-3H3,(H,36,37)/t15-/m1/s1. The minimum atomic E-state index is -0.561. The molecule has 1 fully saturated rings. The van der Waals surface area contributed by atoms with E-state index in [4.69, 9.17) is 38.4 Å². The molecule has 208 valence electrons. The van der Waals surface area contributed by atoms with Gasteiger partial charge in [0, 0.05) is 67.5 Å². The van der Waals surface area contributed by atoms with Crippen molar-refractivity contribution in [3.05, 3.63) is 75.9 Å². The van der Waals surface area contributed by atoms with E-state index in [-0.39, 0.29) is 0 Å². The molecular formula is C28H25Cl2N9O2. The van der Waals surface area contributed by atoms with Gasteiger partial charge in [-0.1, -0.05) is 23.2 Å². The van der Waals surface area contributed by atoms with E-state index < -0.39 is 11.6 Å². The highest BCUT2D eigenvalue weighted by atomic mass is 35.5. The topological polar surface area (TPSA) is 144 Å². The van der Waals surface area contributed by atoms with Crippen LogP contribution in [0.4, 0.5) is 5.82 Å². The Kier molecular flexibility index (Phi) is 6.69. The van der Waals surface area contributed by atoms with Crippen LogP contribution in [-0.4, -0.2) is 50.1 Å². The lowest BCUT2D eigenvalue weighted by Crippen LogP contribution is -2.66. The van der Waals surface area contributed by atoms with Crippen LogP contribution in [0.2, 0.25) is 10.0 Å². The third kappa shape index (κ3) is 4.60. The second-order valence-corrected chi connectivity index (χ2v) is 10.8. The molecule has 0 aliphatic carbocycles. The number of H-pyrrole nitrogens is 1. The number of ether oxygens (including phenoxy) is 2. The molecule has 0 radical (unpaired) electrons. The summed E-state index contributed by atoms with van der Waals surface area (Å²) in [6, 6.07) is 9.60. The summed E-state index contributed by atoms with van der Waals surface area (Å²) in [5.74, 6) is 1.55. The van der Waals surface area contributed by atoms with Gasteiger partial charge in [0.05, 0.1) is 39.5 Å². The second kappa shape index (κ2) is 10.2. The monoisotopic (exact) mass is 589 g/mol. The zero-order chi connectivity index (χ0) is 28.9. The molecule has 3 N–H and O–H groups in total. The summed E-state index contributed by atoms with van der Waals surface area (Å²) in [5, 5.41) is 23.3. The minimum Gasteiger partial charge on any atom is -0.493 e. The van der Waals surface area contributed by atoms with Crippen LogP contribution in [0.25, 0.3) is 22.2 Å². The normalized spacial score (nSPS) is 14.9. The summed E-state index contributed by atoms with van der Waals surface area (Å²) < 4.78 is 13.6. The fourth-order valence-corrected chi connectivity index (χ4v) is 5.96. The van der Waals surface area contributed by atoms with Crippen molar-refractivity contribution >= 4 is 39.9 Å². The van der Waals surface area contributed by atoms with E-state index in [9.17, 15) is 5.26 Å². The molecule has 11 nitrogen and oxygen atoms in total. The van der Waals surface area contributed by atoms with E-state index in [0.29, 0.717) is 62.8 Å². The number of halogens is 2. The van der Waals surface area contributed by atoms with E-state index in [2.05, 4.69) is 31.3 Å². The average Bonchev–Trinajstić information content (AvgIpc) is 3.56. The molecule has 0 saturated carbocycles. The maximum atomic E-state index is 9.99. The van der Waals surface area contributed by atoms with Crippen molar-refractivity contribution in [1.82, 2.24) is 29.9 Å². The van der Waals surface area contributed by atoms with E-state index in [1.54, 1.807) is 36.3 Å². The molecule has 4 aromatic heterocycles. The molecule has 1 saturated heterocycles. The molecule has 0 unspecified atom stereocenters. The molecule has 1 aliphatic rings. The largest absolute Gasteiger partial charge is 0.493 e. The third-order valence-electron chi connectivity index (χ3n) is 7.28. The highest BCUT2D eigenvalue weighted by Gasteiger charge is 2.44. The Morgan fingerprint density at radius 2 is 1.90 bits per heavy atom. The number of nitriles is 1. The Labute approximate surface area is 245 Å². The van der Waals surface area contributed by atoms with Crippen molar-refractivity contribution in [2.75, 3.05) is 25.1 Å². The Bertz CT molecular complexity index is 1800. The predicted octanol–water partition coefficient (Wildman–Crippen LogP) is 4.75. The summed E-state index contributed by atoms with van der Waals surface area (Å²) >= 11 is 12.7. The first-order valence-electron chi connectivity index (χ1n) is 12.7. The molecule has 13 heteroatoms. The van der Waals surface area contributed by atoms with Crippen LogP contribution in [-0.2, 0) is 12.6 Å². The smallest absolute Gasteiger partial charge is 0.162 e. The van der Waals surface area contributed by atoms with Crippen molar-refractivity contribution in [3.63, 3.8) is 0 Å². The summed E-state index contributed by atoms with van der Waals surface area (Å²) in [7, 11) is 3.43. The average molecular weight is 590 g/mol. The van der Waals surface area contributed by atoms with Crippen molar-refractivity contribution < 1.29 is 9.47 Å². The van der Waals surface area contributed by atoms with Crippen LogP contribution in [0.3, 0.4) is 0 Å². The summed E-state index contributed by atoms with van der Waals surface area (Å²) in [6.07, 6.45) is 5.98. The van der Waals surface area contributed by atoms with Crippen molar-refractivity contribution in [1.29, 1.82) is 5.26 Å². The van der Waals surface area contributed by atoms with Gasteiger partial charge in [-0.05, 0) is 25.1 Å². The maximum Gasteiger partial charge on any atom is 0.162 e. The Balaban J connectivity index is 1.31. The van der Waals surface area contributed by atoms with Crippen LogP contribution < -0.4 is 20.1 Å². The number of methoxy groups -OCH3 is 1. The molecule has 1 aromatic carbocycles. The number of aromatic nitrogens is 6. The molecular weight excluding hydrogens is 565 g/mol. The lowest BCUT2D eigenvalue weighted by Gasteiger charge is -2.48. The van der Waals surface area contributed by atoms with Gasteiger partial charge in [-0.25, -0.2) is 4.98 Å². The Morgan fingerprint density at radius 3 is 2.56 bits per heavy atom. The van der Waals surface area contributed by atoms with Gasteiger partial charge in [0.25, 0.3) is 0 Å². The number of hydrogen-bond acceptors (Lipinski definition) is 9. The SMILES string of the molecule is COc1cc2[nH]nc(-c3cnc(N4CC(N)(c5ccnn5C)C4)c(C#N)c3)c2cc1O[C@H](C)c1c(Cl)cncc1Cl. The zero-order valence-electron chi connectivity index (χ0n) is 22.4.